The molecule has 2 rings (SSSR count). The first-order valence-corrected chi connectivity index (χ1v) is 14.7. The Bertz CT molecular complexity index is 1020. The molecule has 0 aliphatic heterocycles. The Morgan fingerprint density at radius 3 is 1.03 bits per heavy atom. The second-order valence-corrected chi connectivity index (χ2v) is 16.5. The molecule has 0 aliphatic carbocycles. The van der Waals surface area contributed by atoms with Gasteiger partial charge in [0.2, 0.25) is 0 Å². The summed E-state index contributed by atoms with van der Waals surface area (Å²) in [6, 6.07) is 13.3. The average Bonchev–Trinajstić information content (AvgIpc) is 2.67. The average molecular weight is 529 g/mol. The maximum absolute atomic E-state index is 10.5. The normalized spacial score (nSPS) is 14.4. The molecule has 2 N–H and O–H groups in total. The zero-order chi connectivity index (χ0) is 29.0. The standard InChI is InChI=1S/C33H53O3P/c1-28(2,3)22-16-18-24(26(20-22)30(7,8)9)33(32(13,14)15,36-37(34)35)25-19-17-23(29(4,5)6)21-27(25)31(10,11)12/h16-21,34-35H,1-15H3. The summed E-state index contributed by atoms with van der Waals surface area (Å²) in [7, 11) is -2.66. The van der Waals surface area contributed by atoms with Crippen LogP contribution in [0.15, 0.2) is 36.4 Å². The summed E-state index contributed by atoms with van der Waals surface area (Å²) in [6.07, 6.45) is 0. The molecule has 0 radical (unpaired) electrons. The second kappa shape index (κ2) is 10.1. The van der Waals surface area contributed by atoms with E-state index >= 15 is 0 Å². The third-order valence-corrected chi connectivity index (χ3v) is 7.86. The summed E-state index contributed by atoms with van der Waals surface area (Å²) in [6.45, 7) is 33.1. The summed E-state index contributed by atoms with van der Waals surface area (Å²) in [4.78, 5) is 21.1. The van der Waals surface area contributed by atoms with E-state index in [0.29, 0.717) is 0 Å². The summed E-state index contributed by atoms with van der Waals surface area (Å²) in [5, 5.41) is 0. The smallest absolute Gasteiger partial charge is 0.328 e. The van der Waals surface area contributed by atoms with Crippen LogP contribution in [-0.4, -0.2) is 9.79 Å². The zero-order valence-corrected chi connectivity index (χ0v) is 27.1. The quantitative estimate of drug-likeness (QED) is 0.389. The largest absolute Gasteiger partial charge is 0.328 e. The highest BCUT2D eigenvalue weighted by Gasteiger charge is 2.52. The molecule has 2 aromatic rings. The monoisotopic (exact) mass is 528 g/mol. The van der Waals surface area contributed by atoms with Gasteiger partial charge in [-0.05, 0) is 60.5 Å². The van der Waals surface area contributed by atoms with Gasteiger partial charge in [0.15, 0.2) is 0 Å². The van der Waals surface area contributed by atoms with E-state index in [1.807, 2.05) is 0 Å². The van der Waals surface area contributed by atoms with E-state index in [4.69, 9.17) is 4.52 Å². The summed E-state index contributed by atoms with van der Waals surface area (Å²) in [5.41, 5.74) is 4.76. The number of benzene rings is 2. The molecular weight excluding hydrogens is 475 g/mol. The fourth-order valence-corrected chi connectivity index (χ4v) is 5.90. The van der Waals surface area contributed by atoms with Gasteiger partial charge in [0.25, 0.3) is 0 Å². The van der Waals surface area contributed by atoms with Crippen molar-refractivity contribution in [1.82, 2.24) is 0 Å². The van der Waals surface area contributed by atoms with Crippen molar-refractivity contribution in [2.75, 3.05) is 0 Å². The highest BCUT2D eigenvalue weighted by Crippen LogP contribution is 2.57. The van der Waals surface area contributed by atoms with Crippen molar-refractivity contribution in [1.29, 1.82) is 0 Å². The van der Waals surface area contributed by atoms with Crippen molar-refractivity contribution in [2.24, 2.45) is 5.41 Å². The van der Waals surface area contributed by atoms with Crippen molar-refractivity contribution in [3.05, 3.63) is 69.8 Å². The third-order valence-electron chi connectivity index (χ3n) is 7.42. The maximum atomic E-state index is 10.5. The molecule has 2 aromatic carbocycles. The van der Waals surface area contributed by atoms with E-state index in [1.54, 1.807) is 0 Å². The maximum Gasteiger partial charge on any atom is 0.328 e. The molecule has 208 valence electrons. The number of rotatable bonds is 4. The highest BCUT2D eigenvalue weighted by atomic mass is 31.2. The van der Waals surface area contributed by atoms with Crippen molar-refractivity contribution >= 4 is 8.60 Å². The van der Waals surface area contributed by atoms with Crippen LogP contribution in [0.3, 0.4) is 0 Å². The van der Waals surface area contributed by atoms with Gasteiger partial charge in [-0.3, -0.25) is 4.52 Å². The summed E-state index contributed by atoms with van der Waals surface area (Å²) in [5.74, 6) is 0. The first kappa shape index (κ1) is 32.0. The van der Waals surface area contributed by atoms with Crippen LogP contribution in [0.4, 0.5) is 0 Å². The van der Waals surface area contributed by atoms with Gasteiger partial charge in [-0.1, -0.05) is 140 Å². The fraction of sp³-hybridized carbons (Fsp3) is 0.636. The second-order valence-electron chi connectivity index (χ2n) is 15.8. The first-order valence-electron chi connectivity index (χ1n) is 13.5. The molecule has 0 fully saturated rings. The molecular formula is C33H53O3P. The lowest BCUT2D eigenvalue weighted by molar-refractivity contribution is -0.0127. The van der Waals surface area contributed by atoms with Crippen molar-refractivity contribution in [3.8, 4) is 0 Å². The molecule has 0 heterocycles. The van der Waals surface area contributed by atoms with E-state index < -0.39 is 19.6 Å². The van der Waals surface area contributed by atoms with Gasteiger partial charge in [0.1, 0.15) is 5.60 Å². The molecule has 0 unspecified atom stereocenters. The van der Waals surface area contributed by atoms with Crippen LogP contribution in [0.1, 0.15) is 137 Å². The zero-order valence-electron chi connectivity index (χ0n) is 26.2. The van der Waals surface area contributed by atoms with Gasteiger partial charge in [0.05, 0.1) is 0 Å². The van der Waals surface area contributed by atoms with Crippen molar-refractivity contribution in [2.45, 2.75) is 131 Å². The van der Waals surface area contributed by atoms with E-state index in [1.165, 1.54) is 11.1 Å². The number of hydrogen-bond acceptors (Lipinski definition) is 3. The molecule has 0 spiro atoms. The highest BCUT2D eigenvalue weighted by molar-refractivity contribution is 7.39. The first-order chi connectivity index (χ1) is 16.3. The minimum absolute atomic E-state index is 0.0186. The Labute approximate surface area is 229 Å². The fourth-order valence-electron chi connectivity index (χ4n) is 5.19. The molecule has 0 saturated carbocycles. The molecule has 4 heteroatoms. The molecule has 0 aliphatic rings. The minimum atomic E-state index is -2.66. The molecule has 0 amide bonds. The van der Waals surface area contributed by atoms with Gasteiger partial charge in [-0.15, -0.1) is 0 Å². The lowest BCUT2D eigenvalue weighted by atomic mass is 9.61. The van der Waals surface area contributed by atoms with E-state index in [0.717, 1.165) is 22.3 Å². The van der Waals surface area contributed by atoms with Crippen LogP contribution < -0.4 is 0 Å². The lowest BCUT2D eigenvalue weighted by Crippen LogP contribution is -2.46. The van der Waals surface area contributed by atoms with Gasteiger partial charge < -0.3 is 9.79 Å². The Morgan fingerprint density at radius 1 is 0.486 bits per heavy atom. The molecule has 0 bridgehead atoms. The predicted octanol–water partition coefficient (Wildman–Crippen LogP) is 9.39. The Kier molecular flexibility index (Phi) is 8.68. The Morgan fingerprint density at radius 2 is 0.811 bits per heavy atom. The Hall–Kier alpha value is -1.25. The summed E-state index contributed by atoms with van der Waals surface area (Å²) >= 11 is 0. The molecule has 37 heavy (non-hydrogen) atoms. The van der Waals surface area contributed by atoms with Gasteiger partial charge >= 0.3 is 8.60 Å². The molecule has 0 aromatic heterocycles. The van der Waals surface area contributed by atoms with Crippen LogP contribution in [-0.2, 0) is 31.8 Å². The van der Waals surface area contributed by atoms with E-state index in [9.17, 15) is 9.79 Å². The Balaban J connectivity index is 3.22. The SMILES string of the molecule is CC(C)(C)c1ccc(C(OP(O)O)(c2ccc(C(C)(C)C)cc2C(C)(C)C)C(C)(C)C)c(C(C)(C)C)c1. The minimum Gasteiger partial charge on any atom is -0.328 e. The van der Waals surface area contributed by atoms with E-state index in [-0.39, 0.29) is 21.7 Å². The van der Waals surface area contributed by atoms with Gasteiger partial charge in [0, 0.05) is 0 Å². The third kappa shape index (κ3) is 6.67. The molecule has 0 saturated heterocycles. The van der Waals surface area contributed by atoms with Crippen LogP contribution in [0.25, 0.3) is 0 Å². The van der Waals surface area contributed by atoms with E-state index in [2.05, 4.69) is 140 Å². The van der Waals surface area contributed by atoms with Crippen LogP contribution >= 0.6 is 8.60 Å². The predicted molar refractivity (Wildman–Crippen MR) is 160 cm³/mol. The van der Waals surface area contributed by atoms with Crippen LogP contribution in [0.5, 0.6) is 0 Å². The van der Waals surface area contributed by atoms with Crippen LogP contribution in [0.2, 0.25) is 0 Å². The van der Waals surface area contributed by atoms with Crippen molar-refractivity contribution < 1.29 is 14.3 Å². The molecule has 3 nitrogen and oxygen atoms in total. The summed E-state index contributed by atoms with van der Waals surface area (Å²) < 4.78 is 6.47. The van der Waals surface area contributed by atoms with Crippen LogP contribution in [0, 0.1) is 5.41 Å². The van der Waals surface area contributed by atoms with Crippen molar-refractivity contribution in [3.63, 3.8) is 0 Å². The van der Waals surface area contributed by atoms with Gasteiger partial charge in [-0.2, -0.15) is 0 Å². The van der Waals surface area contributed by atoms with Gasteiger partial charge in [-0.25, -0.2) is 0 Å². The lowest BCUT2D eigenvalue weighted by Gasteiger charge is -2.49. The molecule has 0 atom stereocenters. The number of hydrogen-bond donors (Lipinski definition) is 2. The topological polar surface area (TPSA) is 49.7 Å².